The fraction of sp³-hybridized carbons (Fsp3) is 0.0625. The molecular formula is C16H11Cl2N3O3S. The molecule has 1 amide bonds. The molecule has 9 heteroatoms. The van der Waals surface area contributed by atoms with E-state index in [0.717, 1.165) is 11.8 Å². The van der Waals surface area contributed by atoms with Crippen LogP contribution in [0.4, 0.5) is 5.69 Å². The normalized spacial score (nSPS) is 10.6. The van der Waals surface area contributed by atoms with Gasteiger partial charge in [-0.25, -0.2) is 0 Å². The zero-order valence-electron chi connectivity index (χ0n) is 12.6. The van der Waals surface area contributed by atoms with E-state index in [4.69, 9.17) is 27.6 Å². The SMILES string of the molecule is O=C(CSc1nnc(-c2ccccc2Cl)o1)Nc1cc(Cl)ccc1O. The smallest absolute Gasteiger partial charge is 0.277 e. The molecule has 0 radical (unpaired) electrons. The summed E-state index contributed by atoms with van der Waals surface area (Å²) in [6.07, 6.45) is 0. The second-order valence-electron chi connectivity index (χ2n) is 4.85. The zero-order valence-corrected chi connectivity index (χ0v) is 14.9. The van der Waals surface area contributed by atoms with Crippen molar-refractivity contribution >= 4 is 46.6 Å². The number of rotatable bonds is 5. The Hall–Kier alpha value is -2.22. The molecule has 0 aliphatic carbocycles. The fourth-order valence-electron chi connectivity index (χ4n) is 1.93. The molecule has 128 valence electrons. The molecule has 3 aromatic rings. The van der Waals surface area contributed by atoms with Crippen LogP contribution in [0.1, 0.15) is 0 Å². The quantitative estimate of drug-likeness (QED) is 0.488. The van der Waals surface area contributed by atoms with Crippen LogP contribution in [0, 0.1) is 0 Å². The van der Waals surface area contributed by atoms with Crippen LogP contribution >= 0.6 is 35.0 Å². The van der Waals surface area contributed by atoms with Gasteiger partial charge in [-0.15, -0.1) is 10.2 Å². The summed E-state index contributed by atoms with van der Waals surface area (Å²) in [5.41, 5.74) is 0.859. The van der Waals surface area contributed by atoms with Gasteiger partial charge in [0, 0.05) is 5.02 Å². The number of halogens is 2. The van der Waals surface area contributed by atoms with E-state index in [0.29, 0.717) is 15.6 Å². The van der Waals surface area contributed by atoms with Crippen molar-refractivity contribution in [3.05, 3.63) is 52.5 Å². The standard InChI is InChI=1S/C16H11Cl2N3O3S/c17-9-5-6-13(22)12(7-9)19-14(23)8-25-16-21-20-15(24-16)10-3-1-2-4-11(10)18/h1-7,22H,8H2,(H,19,23). The molecule has 0 bridgehead atoms. The van der Waals surface area contributed by atoms with E-state index in [1.165, 1.54) is 18.2 Å². The third-order valence-corrected chi connectivity index (χ3v) is 4.45. The molecule has 0 unspecified atom stereocenters. The van der Waals surface area contributed by atoms with Gasteiger partial charge in [-0.05, 0) is 30.3 Å². The van der Waals surface area contributed by atoms with Crippen molar-refractivity contribution in [3.8, 4) is 17.2 Å². The lowest BCUT2D eigenvalue weighted by Gasteiger charge is -2.06. The first-order valence-corrected chi connectivity index (χ1v) is 8.76. The van der Waals surface area contributed by atoms with Gasteiger partial charge in [-0.1, -0.05) is 47.1 Å². The number of hydrogen-bond donors (Lipinski definition) is 2. The Morgan fingerprint density at radius 3 is 2.80 bits per heavy atom. The number of carbonyl (C=O) groups excluding carboxylic acids is 1. The second-order valence-corrected chi connectivity index (χ2v) is 6.62. The van der Waals surface area contributed by atoms with Crippen molar-refractivity contribution in [3.63, 3.8) is 0 Å². The lowest BCUT2D eigenvalue weighted by atomic mass is 10.2. The minimum absolute atomic E-state index is 0.0239. The first-order chi connectivity index (χ1) is 12.0. The molecule has 25 heavy (non-hydrogen) atoms. The van der Waals surface area contributed by atoms with E-state index in [9.17, 15) is 9.90 Å². The summed E-state index contributed by atoms with van der Waals surface area (Å²) in [7, 11) is 0. The number of benzene rings is 2. The summed E-state index contributed by atoms with van der Waals surface area (Å²) in [6.45, 7) is 0. The van der Waals surface area contributed by atoms with Gasteiger partial charge in [-0.2, -0.15) is 0 Å². The number of carbonyl (C=O) groups is 1. The van der Waals surface area contributed by atoms with Crippen molar-refractivity contribution in [1.82, 2.24) is 10.2 Å². The zero-order chi connectivity index (χ0) is 17.8. The van der Waals surface area contributed by atoms with Crippen LogP contribution in [0.25, 0.3) is 11.5 Å². The molecule has 1 heterocycles. The average Bonchev–Trinajstić information content (AvgIpc) is 3.05. The largest absolute Gasteiger partial charge is 0.506 e. The maximum atomic E-state index is 12.0. The summed E-state index contributed by atoms with van der Waals surface area (Å²) in [5.74, 6) is -0.113. The van der Waals surface area contributed by atoms with Crippen LogP contribution in [-0.4, -0.2) is 27.0 Å². The van der Waals surface area contributed by atoms with Gasteiger partial charge in [0.05, 0.1) is 22.0 Å². The molecular weight excluding hydrogens is 385 g/mol. The molecule has 0 fully saturated rings. The molecule has 0 spiro atoms. The summed E-state index contributed by atoms with van der Waals surface area (Å²) >= 11 is 13.0. The molecule has 0 atom stereocenters. The summed E-state index contributed by atoms with van der Waals surface area (Å²) < 4.78 is 5.50. The van der Waals surface area contributed by atoms with Gasteiger partial charge in [0.25, 0.3) is 5.22 Å². The highest BCUT2D eigenvalue weighted by Gasteiger charge is 2.14. The molecule has 2 aromatic carbocycles. The third-order valence-electron chi connectivity index (χ3n) is 3.07. The van der Waals surface area contributed by atoms with Crippen LogP contribution in [-0.2, 0) is 4.79 Å². The Bertz CT molecular complexity index is 917. The highest BCUT2D eigenvalue weighted by Crippen LogP contribution is 2.29. The van der Waals surface area contributed by atoms with E-state index in [2.05, 4.69) is 15.5 Å². The third kappa shape index (κ3) is 4.45. The number of anilines is 1. The topological polar surface area (TPSA) is 88.2 Å². The maximum absolute atomic E-state index is 12.0. The summed E-state index contributed by atoms with van der Waals surface area (Å²) in [4.78, 5) is 12.0. The second kappa shape index (κ2) is 7.77. The van der Waals surface area contributed by atoms with Crippen LogP contribution < -0.4 is 5.32 Å². The number of aromatic hydroxyl groups is 1. The minimum Gasteiger partial charge on any atom is -0.506 e. The van der Waals surface area contributed by atoms with E-state index in [1.807, 2.05) is 6.07 Å². The van der Waals surface area contributed by atoms with E-state index in [-0.39, 0.29) is 34.2 Å². The fourth-order valence-corrected chi connectivity index (χ4v) is 2.89. The van der Waals surface area contributed by atoms with Gasteiger partial charge in [0.15, 0.2) is 0 Å². The first-order valence-electron chi connectivity index (χ1n) is 7.02. The van der Waals surface area contributed by atoms with Gasteiger partial charge < -0.3 is 14.8 Å². The molecule has 0 aliphatic heterocycles. The van der Waals surface area contributed by atoms with Crippen molar-refractivity contribution in [2.45, 2.75) is 5.22 Å². The summed E-state index contributed by atoms with van der Waals surface area (Å²) in [6, 6.07) is 11.5. The van der Waals surface area contributed by atoms with Gasteiger partial charge in [0.1, 0.15) is 5.75 Å². The van der Waals surface area contributed by atoms with Gasteiger partial charge >= 0.3 is 0 Å². The molecule has 0 aliphatic rings. The monoisotopic (exact) mass is 395 g/mol. The number of aromatic nitrogens is 2. The van der Waals surface area contributed by atoms with Crippen LogP contribution in [0.5, 0.6) is 5.75 Å². The molecule has 6 nitrogen and oxygen atoms in total. The highest BCUT2D eigenvalue weighted by molar-refractivity contribution is 7.99. The molecule has 1 aromatic heterocycles. The van der Waals surface area contributed by atoms with E-state index in [1.54, 1.807) is 18.2 Å². The van der Waals surface area contributed by atoms with E-state index >= 15 is 0 Å². The van der Waals surface area contributed by atoms with Crippen molar-refractivity contribution in [1.29, 1.82) is 0 Å². The Kier molecular flexibility index (Phi) is 5.47. The predicted molar refractivity (Wildman–Crippen MR) is 97.2 cm³/mol. The lowest BCUT2D eigenvalue weighted by molar-refractivity contribution is -0.113. The Balaban J connectivity index is 1.61. The van der Waals surface area contributed by atoms with Gasteiger partial charge in [0.2, 0.25) is 11.8 Å². The number of phenols is 1. The predicted octanol–water partition coefficient (Wildman–Crippen LogP) is 4.48. The van der Waals surface area contributed by atoms with Gasteiger partial charge in [-0.3, -0.25) is 4.79 Å². The first kappa shape index (κ1) is 17.6. The van der Waals surface area contributed by atoms with Crippen molar-refractivity contribution in [2.75, 3.05) is 11.1 Å². The van der Waals surface area contributed by atoms with E-state index < -0.39 is 0 Å². The summed E-state index contributed by atoms with van der Waals surface area (Å²) in [5, 5.41) is 21.2. The molecule has 2 N–H and O–H groups in total. The Labute approximate surface area is 157 Å². The minimum atomic E-state index is -0.347. The van der Waals surface area contributed by atoms with Crippen molar-refractivity contribution in [2.24, 2.45) is 0 Å². The highest BCUT2D eigenvalue weighted by atomic mass is 35.5. The number of phenolic OH excluding ortho intramolecular Hbond substituents is 1. The number of hydrogen-bond acceptors (Lipinski definition) is 6. The maximum Gasteiger partial charge on any atom is 0.277 e. The molecule has 0 saturated heterocycles. The van der Waals surface area contributed by atoms with Crippen LogP contribution in [0.2, 0.25) is 10.0 Å². The number of thioether (sulfide) groups is 1. The lowest BCUT2D eigenvalue weighted by Crippen LogP contribution is -2.14. The number of nitrogens with one attached hydrogen (secondary N) is 1. The van der Waals surface area contributed by atoms with Crippen LogP contribution in [0.3, 0.4) is 0 Å². The number of amides is 1. The Morgan fingerprint density at radius 1 is 1.20 bits per heavy atom. The number of nitrogens with zero attached hydrogens (tertiary/aromatic N) is 2. The van der Waals surface area contributed by atoms with Crippen LogP contribution in [0.15, 0.2) is 52.1 Å². The molecule has 3 rings (SSSR count). The Morgan fingerprint density at radius 2 is 2.00 bits per heavy atom. The molecule has 0 saturated carbocycles. The average molecular weight is 396 g/mol. The van der Waals surface area contributed by atoms with Crippen molar-refractivity contribution < 1.29 is 14.3 Å².